The molecule has 3 aromatic carbocycles. The van der Waals surface area contributed by atoms with Gasteiger partial charge in [-0.1, -0.05) is 54.6 Å². The first-order chi connectivity index (χ1) is 18.4. The Morgan fingerprint density at radius 1 is 0.974 bits per heavy atom. The van der Waals surface area contributed by atoms with Gasteiger partial charge in [0.2, 0.25) is 11.8 Å². The van der Waals surface area contributed by atoms with Crippen LogP contribution in [0.1, 0.15) is 22.7 Å². The maximum Gasteiger partial charge on any atom is 0.261 e. The quantitative estimate of drug-likeness (QED) is 0.439. The summed E-state index contributed by atoms with van der Waals surface area (Å²) in [7, 11) is 1.55. The van der Waals surface area contributed by atoms with E-state index in [0.29, 0.717) is 24.3 Å². The molecule has 38 heavy (non-hydrogen) atoms. The van der Waals surface area contributed by atoms with Gasteiger partial charge in [0.05, 0.1) is 25.6 Å². The van der Waals surface area contributed by atoms with E-state index in [4.69, 9.17) is 9.57 Å². The first-order valence-electron chi connectivity index (χ1n) is 12.4. The van der Waals surface area contributed by atoms with Gasteiger partial charge in [-0.25, -0.2) is 4.39 Å². The zero-order valence-electron chi connectivity index (χ0n) is 20.9. The van der Waals surface area contributed by atoms with Gasteiger partial charge in [0.25, 0.3) is 5.91 Å². The van der Waals surface area contributed by atoms with Crippen molar-refractivity contribution in [3.63, 3.8) is 0 Å². The number of nitrogens with one attached hydrogen (secondary N) is 1. The van der Waals surface area contributed by atoms with E-state index < -0.39 is 24.0 Å². The Balaban J connectivity index is 1.32. The van der Waals surface area contributed by atoms with E-state index in [9.17, 15) is 18.8 Å². The number of carbonyl (C=O) groups is 3. The van der Waals surface area contributed by atoms with Gasteiger partial charge in [-0.2, -0.15) is 5.06 Å². The Morgan fingerprint density at radius 3 is 2.47 bits per heavy atom. The number of likely N-dealkylation sites (tertiary alicyclic amines) is 1. The first kappa shape index (κ1) is 25.6. The number of ether oxygens (including phenoxy) is 1. The van der Waals surface area contributed by atoms with Crippen LogP contribution in [0.3, 0.4) is 0 Å². The molecule has 0 aromatic heterocycles. The molecule has 5 rings (SSSR count). The van der Waals surface area contributed by atoms with Gasteiger partial charge in [-0.05, 0) is 47.4 Å². The van der Waals surface area contributed by atoms with E-state index >= 15 is 0 Å². The van der Waals surface area contributed by atoms with Crippen molar-refractivity contribution in [3.8, 4) is 5.75 Å². The summed E-state index contributed by atoms with van der Waals surface area (Å²) in [4.78, 5) is 46.9. The Bertz CT molecular complexity index is 1320. The average molecular weight is 518 g/mol. The molecule has 0 spiro atoms. The van der Waals surface area contributed by atoms with Crippen molar-refractivity contribution in [2.45, 2.75) is 25.1 Å². The number of rotatable bonds is 9. The zero-order chi connectivity index (χ0) is 26.6. The molecule has 1 N–H and O–H groups in total. The lowest BCUT2D eigenvalue weighted by molar-refractivity contribution is -0.182. The number of hydroxylamine groups is 2. The van der Waals surface area contributed by atoms with Gasteiger partial charge < -0.3 is 10.1 Å². The van der Waals surface area contributed by atoms with E-state index in [2.05, 4.69) is 5.32 Å². The highest BCUT2D eigenvalue weighted by molar-refractivity contribution is 6.07. The van der Waals surface area contributed by atoms with E-state index in [1.54, 1.807) is 37.4 Å². The van der Waals surface area contributed by atoms with Crippen LogP contribution < -0.4 is 10.1 Å². The Morgan fingerprint density at radius 2 is 1.74 bits per heavy atom. The molecule has 2 fully saturated rings. The SMILES string of the molecule is COc1cccc(C2C3C(=O)N(Cc4ccccc4)C(=O)C3ON2CC(=O)NCCc2ccc(F)cc2)c1. The normalized spacial score (nSPS) is 21.0. The molecule has 0 radical (unpaired) electrons. The second-order valence-corrected chi connectivity index (χ2v) is 9.32. The molecule has 196 valence electrons. The number of imide groups is 1. The lowest BCUT2D eigenvalue weighted by atomic mass is 9.90. The summed E-state index contributed by atoms with van der Waals surface area (Å²) in [6.07, 6.45) is -0.488. The molecule has 3 aromatic rings. The second-order valence-electron chi connectivity index (χ2n) is 9.32. The number of benzene rings is 3. The van der Waals surface area contributed by atoms with Gasteiger partial charge in [0.15, 0.2) is 6.10 Å². The van der Waals surface area contributed by atoms with Gasteiger partial charge in [0.1, 0.15) is 18.1 Å². The molecule has 3 unspecified atom stereocenters. The lowest BCUT2D eigenvalue weighted by Gasteiger charge is -2.27. The predicted octanol–water partition coefficient (Wildman–Crippen LogP) is 3.04. The fourth-order valence-electron chi connectivity index (χ4n) is 4.98. The second kappa shape index (κ2) is 11.1. The molecule has 3 atom stereocenters. The molecule has 3 amide bonds. The van der Waals surface area contributed by atoms with E-state index in [1.807, 2.05) is 36.4 Å². The fourth-order valence-corrected chi connectivity index (χ4v) is 4.98. The summed E-state index contributed by atoms with van der Waals surface area (Å²) in [5, 5.41) is 4.26. The maximum atomic E-state index is 13.6. The van der Waals surface area contributed by atoms with Crippen LogP contribution in [0.25, 0.3) is 0 Å². The van der Waals surface area contributed by atoms with Crippen LogP contribution in [0.2, 0.25) is 0 Å². The third-order valence-electron chi connectivity index (χ3n) is 6.85. The van der Waals surface area contributed by atoms with Crippen molar-refractivity contribution >= 4 is 17.7 Å². The highest BCUT2D eigenvalue weighted by Crippen LogP contribution is 2.45. The van der Waals surface area contributed by atoms with Crippen LogP contribution in [0, 0.1) is 11.7 Å². The first-order valence-corrected chi connectivity index (χ1v) is 12.4. The summed E-state index contributed by atoms with van der Waals surface area (Å²) in [6, 6.07) is 21.9. The maximum absolute atomic E-state index is 13.6. The average Bonchev–Trinajstić information content (AvgIpc) is 3.41. The van der Waals surface area contributed by atoms with E-state index in [0.717, 1.165) is 11.1 Å². The summed E-state index contributed by atoms with van der Waals surface area (Å²) < 4.78 is 18.5. The van der Waals surface area contributed by atoms with Crippen molar-refractivity contribution in [1.82, 2.24) is 15.3 Å². The number of fused-ring (bicyclic) bond motifs is 1. The number of nitrogens with zero attached hydrogens (tertiary/aromatic N) is 2. The van der Waals surface area contributed by atoms with Crippen molar-refractivity contribution in [2.24, 2.45) is 5.92 Å². The smallest absolute Gasteiger partial charge is 0.261 e. The third kappa shape index (κ3) is 5.29. The third-order valence-corrected chi connectivity index (χ3v) is 6.85. The number of halogens is 1. The van der Waals surface area contributed by atoms with Crippen LogP contribution in [0.4, 0.5) is 4.39 Å². The highest BCUT2D eigenvalue weighted by atomic mass is 19.1. The molecule has 2 saturated heterocycles. The monoisotopic (exact) mass is 517 g/mol. The van der Waals surface area contributed by atoms with Crippen molar-refractivity contribution in [2.75, 3.05) is 20.2 Å². The van der Waals surface area contributed by atoms with Gasteiger partial charge in [-0.15, -0.1) is 0 Å². The summed E-state index contributed by atoms with van der Waals surface area (Å²) in [6.45, 7) is 0.332. The summed E-state index contributed by atoms with van der Waals surface area (Å²) in [5.74, 6) is -1.60. The van der Waals surface area contributed by atoms with Crippen molar-refractivity contribution in [1.29, 1.82) is 0 Å². The largest absolute Gasteiger partial charge is 0.497 e. The molecule has 9 heteroatoms. The highest BCUT2D eigenvalue weighted by Gasteiger charge is 2.59. The molecular formula is C29H28FN3O5. The zero-order valence-corrected chi connectivity index (χ0v) is 20.9. The minimum Gasteiger partial charge on any atom is -0.497 e. The minimum absolute atomic E-state index is 0.156. The Kier molecular flexibility index (Phi) is 7.48. The predicted molar refractivity (Wildman–Crippen MR) is 136 cm³/mol. The number of amides is 3. The van der Waals surface area contributed by atoms with Crippen LogP contribution in [0.5, 0.6) is 5.75 Å². The Hall–Kier alpha value is -4.08. The summed E-state index contributed by atoms with van der Waals surface area (Å²) >= 11 is 0. The summed E-state index contributed by atoms with van der Waals surface area (Å²) in [5.41, 5.74) is 2.44. The van der Waals surface area contributed by atoms with Crippen LogP contribution in [0.15, 0.2) is 78.9 Å². The molecule has 0 bridgehead atoms. The van der Waals surface area contributed by atoms with Crippen LogP contribution in [-0.4, -0.2) is 54.0 Å². The standard InChI is InChI=1S/C29H28FN3O5/c1-37-23-9-5-8-21(16-23)26-25-27(29(36)32(28(25)35)17-20-6-3-2-4-7-20)38-33(26)18-24(34)31-15-14-19-10-12-22(30)13-11-19/h2-13,16,25-27H,14-15,17-18H2,1H3,(H,31,34). The fraction of sp³-hybridized carbons (Fsp3) is 0.276. The van der Waals surface area contributed by atoms with Crippen molar-refractivity contribution in [3.05, 3.63) is 101 Å². The van der Waals surface area contributed by atoms with Gasteiger partial charge in [0, 0.05) is 6.54 Å². The minimum atomic E-state index is -1.02. The topological polar surface area (TPSA) is 88.2 Å². The number of carbonyl (C=O) groups excluding carboxylic acids is 3. The van der Waals surface area contributed by atoms with Crippen LogP contribution in [-0.2, 0) is 32.2 Å². The van der Waals surface area contributed by atoms with Crippen molar-refractivity contribution < 1.29 is 28.3 Å². The molecule has 2 heterocycles. The molecule has 8 nitrogen and oxygen atoms in total. The van der Waals surface area contributed by atoms with E-state index in [1.165, 1.54) is 22.1 Å². The number of hydrogen-bond acceptors (Lipinski definition) is 6. The lowest BCUT2D eigenvalue weighted by Crippen LogP contribution is -2.41. The van der Waals surface area contributed by atoms with Gasteiger partial charge >= 0.3 is 0 Å². The molecule has 2 aliphatic rings. The molecule has 2 aliphatic heterocycles. The molecule has 0 saturated carbocycles. The van der Waals surface area contributed by atoms with E-state index in [-0.39, 0.29) is 30.7 Å². The Labute approximate surface area is 219 Å². The van der Waals surface area contributed by atoms with Crippen LogP contribution >= 0.6 is 0 Å². The molecular weight excluding hydrogens is 489 g/mol. The number of hydrogen-bond donors (Lipinski definition) is 1. The number of methoxy groups -OCH3 is 1. The molecule has 0 aliphatic carbocycles. The van der Waals surface area contributed by atoms with Gasteiger partial charge in [-0.3, -0.25) is 24.1 Å².